The van der Waals surface area contributed by atoms with E-state index in [-0.39, 0.29) is 6.42 Å². The molecule has 3 rings (SSSR count). The zero-order valence-corrected chi connectivity index (χ0v) is 18.8. The van der Waals surface area contributed by atoms with Crippen LogP contribution in [0, 0.1) is 13.8 Å². The lowest BCUT2D eigenvalue weighted by atomic mass is 10.0. The second-order valence-corrected chi connectivity index (χ2v) is 7.74. The number of carbonyl (C=O) groups is 2. The number of carbonyl (C=O) groups excluding carboxylic acids is 2. The number of ether oxygens (including phenoxy) is 1. The van der Waals surface area contributed by atoms with Gasteiger partial charge in [0.15, 0.2) is 0 Å². The van der Waals surface area contributed by atoms with Gasteiger partial charge in [0.25, 0.3) is 0 Å². The number of anilines is 1. The first-order valence-electron chi connectivity index (χ1n) is 10.8. The van der Waals surface area contributed by atoms with Crippen LogP contribution >= 0.6 is 0 Å². The summed E-state index contributed by atoms with van der Waals surface area (Å²) in [6.07, 6.45) is 3.25. The van der Waals surface area contributed by atoms with Crippen molar-refractivity contribution in [2.75, 3.05) is 11.9 Å². The highest BCUT2D eigenvalue weighted by Crippen LogP contribution is 2.27. The van der Waals surface area contributed by atoms with E-state index in [9.17, 15) is 9.59 Å². The number of fused-ring (bicyclic) bond motifs is 1. The van der Waals surface area contributed by atoms with Crippen molar-refractivity contribution in [3.05, 3.63) is 71.3 Å². The van der Waals surface area contributed by atoms with Crippen LogP contribution in [-0.2, 0) is 9.59 Å². The second-order valence-electron chi connectivity index (χ2n) is 7.74. The number of unbranched alkanes of at least 4 members (excludes halogenated alkanes) is 1. The van der Waals surface area contributed by atoms with E-state index in [1.807, 2.05) is 68.4 Å². The van der Waals surface area contributed by atoms with Crippen LogP contribution in [0.5, 0.6) is 5.75 Å². The van der Waals surface area contributed by atoms with E-state index in [4.69, 9.17) is 4.74 Å². The number of rotatable bonds is 9. The molecule has 3 aromatic carbocycles. The molecule has 0 saturated carbocycles. The Bertz CT molecular complexity index is 1140. The molecule has 0 aliphatic rings. The summed E-state index contributed by atoms with van der Waals surface area (Å²) in [6, 6.07) is 17.6. The summed E-state index contributed by atoms with van der Waals surface area (Å²) in [7, 11) is 0. The summed E-state index contributed by atoms with van der Waals surface area (Å²) in [5.74, 6) is -0.168. The Morgan fingerprint density at radius 3 is 2.62 bits per heavy atom. The lowest BCUT2D eigenvalue weighted by Crippen LogP contribution is -2.25. The van der Waals surface area contributed by atoms with Crippen LogP contribution in [0.2, 0.25) is 0 Å². The molecule has 166 valence electrons. The molecule has 0 aliphatic carbocycles. The van der Waals surface area contributed by atoms with E-state index in [0.717, 1.165) is 40.3 Å². The lowest BCUT2D eigenvalue weighted by Gasteiger charge is -2.11. The van der Waals surface area contributed by atoms with Gasteiger partial charge in [-0.25, -0.2) is 5.43 Å². The molecule has 2 amide bonds. The van der Waals surface area contributed by atoms with Gasteiger partial charge in [-0.2, -0.15) is 5.10 Å². The monoisotopic (exact) mass is 431 g/mol. The van der Waals surface area contributed by atoms with Gasteiger partial charge in [0.2, 0.25) is 11.8 Å². The van der Waals surface area contributed by atoms with Crippen molar-refractivity contribution >= 4 is 34.5 Å². The molecule has 32 heavy (non-hydrogen) atoms. The third kappa shape index (κ3) is 6.17. The van der Waals surface area contributed by atoms with Crippen LogP contribution in [0.15, 0.2) is 59.7 Å². The number of benzene rings is 3. The molecule has 0 radical (unpaired) electrons. The second kappa shape index (κ2) is 11.1. The molecule has 0 saturated heterocycles. The van der Waals surface area contributed by atoms with E-state index in [2.05, 4.69) is 22.8 Å². The Morgan fingerprint density at radius 2 is 1.84 bits per heavy atom. The van der Waals surface area contributed by atoms with Gasteiger partial charge in [0.05, 0.1) is 12.8 Å². The maximum atomic E-state index is 12.2. The third-order valence-electron chi connectivity index (χ3n) is 5.05. The summed E-state index contributed by atoms with van der Waals surface area (Å²) in [5.41, 5.74) is 5.99. The fourth-order valence-corrected chi connectivity index (χ4v) is 3.36. The summed E-state index contributed by atoms with van der Waals surface area (Å²) >= 11 is 0. The lowest BCUT2D eigenvalue weighted by molar-refractivity contribution is -0.126. The Hall–Kier alpha value is -3.67. The molecule has 0 aliphatic heterocycles. The van der Waals surface area contributed by atoms with Crippen LogP contribution in [0.4, 0.5) is 5.69 Å². The van der Waals surface area contributed by atoms with E-state index in [0.29, 0.717) is 18.0 Å². The Morgan fingerprint density at radius 1 is 1.03 bits per heavy atom. The maximum absolute atomic E-state index is 12.2. The number of amides is 2. The molecule has 0 bridgehead atoms. The van der Waals surface area contributed by atoms with E-state index in [1.54, 1.807) is 6.21 Å². The van der Waals surface area contributed by atoms with Crippen LogP contribution in [-0.4, -0.2) is 24.6 Å². The van der Waals surface area contributed by atoms with Crippen molar-refractivity contribution in [2.45, 2.75) is 40.0 Å². The van der Waals surface area contributed by atoms with Gasteiger partial charge < -0.3 is 10.1 Å². The predicted molar refractivity (Wildman–Crippen MR) is 129 cm³/mol. The first kappa shape index (κ1) is 23.0. The minimum Gasteiger partial charge on any atom is -0.493 e. The van der Waals surface area contributed by atoms with Crippen molar-refractivity contribution in [3.63, 3.8) is 0 Å². The molecule has 3 aromatic rings. The zero-order chi connectivity index (χ0) is 22.9. The van der Waals surface area contributed by atoms with Gasteiger partial charge in [0, 0.05) is 11.3 Å². The van der Waals surface area contributed by atoms with Gasteiger partial charge >= 0.3 is 0 Å². The van der Waals surface area contributed by atoms with Gasteiger partial charge in [-0.1, -0.05) is 61.4 Å². The van der Waals surface area contributed by atoms with Crippen LogP contribution < -0.4 is 15.5 Å². The van der Waals surface area contributed by atoms with Gasteiger partial charge in [-0.3, -0.25) is 9.59 Å². The average molecular weight is 432 g/mol. The van der Waals surface area contributed by atoms with Crippen molar-refractivity contribution in [3.8, 4) is 5.75 Å². The summed E-state index contributed by atoms with van der Waals surface area (Å²) in [5, 5.41) is 8.88. The smallest absolute Gasteiger partial charge is 0.249 e. The molecule has 0 atom stereocenters. The van der Waals surface area contributed by atoms with Gasteiger partial charge in [0.1, 0.15) is 12.2 Å². The van der Waals surface area contributed by atoms with Crippen molar-refractivity contribution in [2.24, 2.45) is 5.10 Å². The number of hydrazone groups is 1. The van der Waals surface area contributed by atoms with Crippen molar-refractivity contribution in [1.29, 1.82) is 0 Å². The minimum absolute atomic E-state index is 0.319. The van der Waals surface area contributed by atoms with Crippen LogP contribution in [0.25, 0.3) is 10.8 Å². The molecule has 0 unspecified atom stereocenters. The largest absolute Gasteiger partial charge is 0.493 e. The molecular formula is C26H29N3O3. The number of hydrogen-bond donors (Lipinski definition) is 2. The predicted octanol–water partition coefficient (Wildman–Crippen LogP) is 5.11. The van der Waals surface area contributed by atoms with Gasteiger partial charge in [-0.15, -0.1) is 0 Å². The summed E-state index contributed by atoms with van der Waals surface area (Å²) in [6.45, 7) is 6.62. The third-order valence-corrected chi connectivity index (χ3v) is 5.05. The van der Waals surface area contributed by atoms with E-state index >= 15 is 0 Å². The van der Waals surface area contributed by atoms with Crippen molar-refractivity contribution in [1.82, 2.24) is 5.43 Å². The highest BCUT2D eigenvalue weighted by atomic mass is 16.5. The quantitative estimate of drug-likeness (QED) is 0.214. The first-order valence-corrected chi connectivity index (χ1v) is 10.8. The molecule has 6 nitrogen and oxygen atoms in total. The minimum atomic E-state index is -0.489. The molecule has 0 aromatic heterocycles. The zero-order valence-electron chi connectivity index (χ0n) is 18.8. The van der Waals surface area contributed by atoms with Crippen molar-refractivity contribution < 1.29 is 14.3 Å². The highest BCUT2D eigenvalue weighted by Gasteiger charge is 2.11. The van der Waals surface area contributed by atoms with Crippen LogP contribution in [0.3, 0.4) is 0 Å². The maximum Gasteiger partial charge on any atom is 0.249 e. The van der Waals surface area contributed by atoms with Gasteiger partial charge in [-0.05, 0) is 48.7 Å². The first-order chi connectivity index (χ1) is 15.5. The van der Waals surface area contributed by atoms with E-state index < -0.39 is 11.8 Å². The Labute approximate surface area is 188 Å². The average Bonchev–Trinajstić information content (AvgIpc) is 2.77. The topological polar surface area (TPSA) is 79.8 Å². The fourth-order valence-electron chi connectivity index (χ4n) is 3.36. The summed E-state index contributed by atoms with van der Waals surface area (Å²) in [4.78, 5) is 24.4. The fraction of sp³-hybridized carbons (Fsp3) is 0.269. The summed E-state index contributed by atoms with van der Waals surface area (Å²) < 4.78 is 5.93. The molecule has 6 heteroatoms. The standard InChI is InChI=1S/C26H29N3O3/c1-4-5-14-32-24-13-11-20-8-6-7-9-21(20)22(24)17-27-29-26(31)16-25(30)28-23-12-10-18(2)15-19(23)3/h6-13,15,17H,4-5,14,16H2,1-3H3,(H,28,30)(H,29,31). The Balaban J connectivity index is 1.66. The molecule has 0 spiro atoms. The number of aryl methyl sites for hydroxylation is 2. The molecular weight excluding hydrogens is 402 g/mol. The SMILES string of the molecule is CCCCOc1ccc2ccccc2c1C=NNC(=O)CC(=O)Nc1ccc(C)cc1C. The molecule has 0 heterocycles. The highest BCUT2D eigenvalue weighted by molar-refractivity contribution is 6.05. The molecule has 0 fully saturated rings. The van der Waals surface area contributed by atoms with Crippen LogP contribution in [0.1, 0.15) is 42.9 Å². The number of nitrogens with one attached hydrogen (secondary N) is 2. The number of hydrogen-bond acceptors (Lipinski definition) is 4. The normalized spacial score (nSPS) is 11.0. The number of nitrogens with zero attached hydrogens (tertiary/aromatic N) is 1. The Kier molecular flexibility index (Phi) is 7.97. The molecule has 2 N–H and O–H groups in total. The van der Waals surface area contributed by atoms with E-state index in [1.165, 1.54) is 0 Å².